The summed E-state index contributed by atoms with van der Waals surface area (Å²) in [5, 5.41) is 3.81. The van der Waals surface area contributed by atoms with Crippen LogP contribution in [0.3, 0.4) is 0 Å². The van der Waals surface area contributed by atoms with Crippen LogP contribution < -0.4 is 0 Å². The summed E-state index contributed by atoms with van der Waals surface area (Å²) in [5.41, 5.74) is 0. The van der Waals surface area contributed by atoms with Gasteiger partial charge in [-0.3, -0.25) is 0 Å². The van der Waals surface area contributed by atoms with E-state index in [0.29, 0.717) is 15.1 Å². The smallest absolute Gasteiger partial charge is 0.0686 e. The maximum atomic E-state index is 6.23. The summed E-state index contributed by atoms with van der Waals surface area (Å²) in [6.07, 6.45) is 0. The van der Waals surface area contributed by atoms with Gasteiger partial charge in [-0.2, -0.15) is 0 Å². The van der Waals surface area contributed by atoms with E-state index in [1.54, 1.807) is 17.4 Å². The van der Waals surface area contributed by atoms with E-state index in [1.165, 1.54) is 4.70 Å². The molecule has 0 aliphatic rings. The Bertz CT molecular complexity index is 700. The fourth-order valence-electron chi connectivity index (χ4n) is 1.79. The third-order valence-corrected chi connectivity index (χ3v) is 4.90. The Morgan fingerprint density at radius 2 is 1.69 bits per heavy atom. The van der Waals surface area contributed by atoms with Crippen molar-refractivity contribution >= 4 is 66.3 Å². The summed E-state index contributed by atoms with van der Waals surface area (Å²) in [4.78, 5) is 0. The number of rotatable bonds is 0. The summed E-state index contributed by atoms with van der Waals surface area (Å²) in [6, 6.07) is 9.77. The van der Waals surface area contributed by atoms with Crippen molar-refractivity contribution in [2.24, 2.45) is 0 Å². The van der Waals surface area contributed by atoms with E-state index in [2.05, 4.69) is 6.07 Å². The molecule has 0 bridgehead atoms. The minimum absolute atomic E-state index is 0.503. The maximum absolute atomic E-state index is 6.23. The first-order chi connectivity index (χ1) is 7.68. The van der Waals surface area contributed by atoms with Gasteiger partial charge in [-0.05, 0) is 12.1 Å². The summed E-state index contributed by atoms with van der Waals surface area (Å²) in [6.45, 7) is 0. The number of halogens is 3. The van der Waals surface area contributed by atoms with Crippen LogP contribution in [0.4, 0.5) is 0 Å². The molecule has 0 aliphatic carbocycles. The Hall–Kier alpha value is -0.470. The first-order valence-corrected chi connectivity index (χ1v) is 6.58. The zero-order valence-corrected chi connectivity index (χ0v) is 11.0. The number of thiophene rings is 1. The van der Waals surface area contributed by atoms with Gasteiger partial charge in [-0.15, -0.1) is 11.3 Å². The number of hydrogen-bond acceptors (Lipinski definition) is 1. The van der Waals surface area contributed by atoms with Gasteiger partial charge in [0.2, 0.25) is 0 Å². The Labute approximate surface area is 111 Å². The lowest BCUT2D eigenvalue weighted by Gasteiger charge is -2.00. The molecule has 0 radical (unpaired) electrons. The van der Waals surface area contributed by atoms with E-state index in [-0.39, 0.29) is 0 Å². The molecule has 0 nitrogen and oxygen atoms in total. The molecule has 0 atom stereocenters. The van der Waals surface area contributed by atoms with Gasteiger partial charge in [-0.25, -0.2) is 0 Å². The largest absolute Gasteiger partial charge is 0.134 e. The molecule has 16 heavy (non-hydrogen) atoms. The van der Waals surface area contributed by atoms with Crippen LogP contribution in [-0.4, -0.2) is 0 Å². The van der Waals surface area contributed by atoms with Crippen molar-refractivity contribution in [3.05, 3.63) is 45.4 Å². The molecular weight excluding hydrogens is 283 g/mol. The fourth-order valence-corrected chi connectivity index (χ4v) is 3.79. The quantitative estimate of drug-likeness (QED) is 0.444. The summed E-state index contributed by atoms with van der Waals surface area (Å²) in [5.74, 6) is 0. The second-order valence-electron chi connectivity index (χ2n) is 3.46. The molecule has 3 rings (SSSR count). The molecule has 0 saturated carbocycles. The maximum Gasteiger partial charge on any atom is 0.0686 e. The lowest BCUT2D eigenvalue weighted by Crippen LogP contribution is -1.73. The normalized spacial score (nSPS) is 11.4. The van der Waals surface area contributed by atoms with Gasteiger partial charge in [0.15, 0.2) is 0 Å². The van der Waals surface area contributed by atoms with Crippen molar-refractivity contribution in [2.75, 3.05) is 0 Å². The molecule has 80 valence electrons. The van der Waals surface area contributed by atoms with Crippen molar-refractivity contribution < 1.29 is 0 Å². The Morgan fingerprint density at radius 3 is 2.50 bits per heavy atom. The summed E-state index contributed by atoms with van der Waals surface area (Å²) >= 11 is 20.1. The van der Waals surface area contributed by atoms with Gasteiger partial charge in [0.1, 0.15) is 0 Å². The van der Waals surface area contributed by atoms with Crippen LogP contribution in [-0.2, 0) is 0 Å². The number of hydrogen-bond donors (Lipinski definition) is 0. The lowest BCUT2D eigenvalue weighted by atomic mass is 10.1. The Kier molecular flexibility index (Phi) is 2.52. The van der Waals surface area contributed by atoms with Crippen molar-refractivity contribution in [3.8, 4) is 0 Å². The van der Waals surface area contributed by atoms with Gasteiger partial charge in [0.25, 0.3) is 0 Å². The molecule has 4 heteroatoms. The van der Waals surface area contributed by atoms with Crippen LogP contribution >= 0.6 is 46.1 Å². The van der Waals surface area contributed by atoms with Crippen molar-refractivity contribution in [1.82, 2.24) is 0 Å². The Morgan fingerprint density at radius 1 is 0.938 bits per heavy atom. The Balaban J connectivity index is 2.66. The topological polar surface area (TPSA) is 0 Å². The molecule has 0 unspecified atom stereocenters. The van der Waals surface area contributed by atoms with Gasteiger partial charge in [0.05, 0.1) is 19.8 Å². The van der Waals surface area contributed by atoms with E-state index in [0.717, 1.165) is 15.5 Å². The molecule has 0 amide bonds. The van der Waals surface area contributed by atoms with Crippen molar-refractivity contribution in [2.45, 2.75) is 0 Å². The predicted octanol–water partition coefficient (Wildman–Crippen LogP) is 6.01. The molecule has 0 aliphatic heterocycles. The standard InChI is InChI=1S/C12H5Cl3S/c13-7-5-8(14)12-10(11(7)15)6-3-1-2-4-9(6)16-12/h1-5H. The number of benzene rings is 2. The first-order valence-electron chi connectivity index (χ1n) is 4.63. The second kappa shape index (κ2) is 3.78. The molecule has 1 aromatic heterocycles. The fraction of sp³-hybridized carbons (Fsp3) is 0. The van der Waals surface area contributed by atoms with Gasteiger partial charge >= 0.3 is 0 Å². The van der Waals surface area contributed by atoms with E-state index < -0.39 is 0 Å². The molecule has 0 fully saturated rings. The summed E-state index contributed by atoms with van der Waals surface area (Å²) < 4.78 is 2.17. The van der Waals surface area contributed by atoms with E-state index >= 15 is 0 Å². The molecule has 3 aromatic rings. The van der Waals surface area contributed by atoms with Crippen LogP contribution in [0.2, 0.25) is 15.1 Å². The first kappa shape index (κ1) is 10.7. The zero-order valence-electron chi connectivity index (χ0n) is 7.93. The molecule has 1 heterocycles. The third kappa shape index (κ3) is 1.43. The zero-order chi connectivity index (χ0) is 11.3. The van der Waals surface area contributed by atoms with E-state index in [1.807, 2.05) is 18.2 Å². The highest BCUT2D eigenvalue weighted by Gasteiger charge is 2.13. The van der Waals surface area contributed by atoms with Crippen LogP contribution in [0.1, 0.15) is 0 Å². The highest BCUT2D eigenvalue weighted by molar-refractivity contribution is 7.26. The molecular formula is C12H5Cl3S. The summed E-state index contributed by atoms with van der Waals surface area (Å²) in [7, 11) is 0. The highest BCUT2D eigenvalue weighted by Crippen LogP contribution is 2.44. The minimum Gasteiger partial charge on any atom is -0.134 e. The van der Waals surface area contributed by atoms with Crippen LogP contribution in [0.5, 0.6) is 0 Å². The second-order valence-corrected chi connectivity index (χ2v) is 5.70. The SMILES string of the molecule is Clc1cc(Cl)c2sc3ccccc3c2c1Cl. The van der Waals surface area contributed by atoms with Crippen molar-refractivity contribution in [3.63, 3.8) is 0 Å². The molecule has 2 aromatic carbocycles. The van der Waals surface area contributed by atoms with Crippen LogP contribution in [0.25, 0.3) is 20.2 Å². The van der Waals surface area contributed by atoms with Gasteiger partial charge in [-0.1, -0.05) is 53.0 Å². The van der Waals surface area contributed by atoms with Crippen molar-refractivity contribution in [1.29, 1.82) is 0 Å². The molecule has 0 N–H and O–H groups in total. The van der Waals surface area contributed by atoms with E-state index in [4.69, 9.17) is 34.8 Å². The van der Waals surface area contributed by atoms with Gasteiger partial charge in [0, 0.05) is 15.5 Å². The monoisotopic (exact) mass is 286 g/mol. The van der Waals surface area contributed by atoms with Crippen LogP contribution in [0, 0.1) is 0 Å². The predicted molar refractivity (Wildman–Crippen MR) is 74.4 cm³/mol. The van der Waals surface area contributed by atoms with Crippen LogP contribution in [0.15, 0.2) is 30.3 Å². The van der Waals surface area contributed by atoms with Gasteiger partial charge < -0.3 is 0 Å². The van der Waals surface area contributed by atoms with E-state index in [9.17, 15) is 0 Å². The number of fused-ring (bicyclic) bond motifs is 3. The molecule has 0 saturated heterocycles. The minimum atomic E-state index is 0.503. The highest BCUT2D eigenvalue weighted by atomic mass is 35.5. The third-order valence-electron chi connectivity index (χ3n) is 2.50. The molecule has 0 spiro atoms. The average molecular weight is 288 g/mol. The lowest BCUT2D eigenvalue weighted by molar-refractivity contribution is 1.83. The average Bonchev–Trinajstić information content (AvgIpc) is 2.66.